The lowest BCUT2D eigenvalue weighted by Gasteiger charge is -2.18. The van der Waals surface area contributed by atoms with Gasteiger partial charge in [0.2, 0.25) is 0 Å². The lowest BCUT2D eigenvalue weighted by atomic mass is 9.99. The lowest BCUT2D eigenvalue weighted by Crippen LogP contribution is -2.21. The van der Waals surface area contributed by atoms with Crippen LogP contribution in [-0.2, 0) is 11.3 Å². The van der Waals surface area contributed by atoms with Crippen LogP contribution in [0.1, 0.15) is 42.5 Å². The van der Waals surface area contributed by atoms with Crippen molar-refractivity contribution in [2.24, 2.45) is 0 Å². The molecule has 21 heavy (non-hydrogen) atoms. The highest BCUT2D eigenvalue weighted by Gasteiger charge is 2.10. The van der Waals surface area contributed by atoms with E-state index in [1.807, 2.05) is 25.2 Å². The van der Waals surface area contributed by atoms with E-state index >= 15 is 0 Å². The van der Waals surface area contributed by atoms with Crippen molar-refractivity contribution in [1.29, 1.82) is 0 Å². The van der Waals surface area contributed by atoms with Crippen LogP contribution in [0.4, 0.5) is 0 Å². The summed E-state index contributed by atoms with van der Waals surface area (Å²) in [6.45, 7) is 5.76. The molecule has 2 aromatic rings. The van der Waals surface area contributed by atoms with E-state index in [0.29, 0.717) is 19.1 Å². The molecule has 1 unspecified atom stereocenters. The topological polar surface area (TPSA) is 21.3 Å². The first-order valence-electron chi connectivity index (χ1n) is 7.59. The molecule has 0 aliphatic rings. The van der Waals surface area contributed by atoms with Gasteiger partial charge in [0.15, 0.2) is 0 Å². The summed E-state index contributed by atoms with van der Waals surface area (Å²) in [5.74, 6) is 0.571. The zero-order valence-electron chi connectivity index (χ0n) is 13.2. The van der Waals surface area contributed by atoms with Crippen LogP contribution in [0.2, 0.25) is 0 Å². The van der Waals surface area contributed by atoms with Crippen molar-refractivity contribution in [3.8, 4) is 0 Å². The van der Waals surface area contributed by atoms with E-state index in [2.05, 4.69) is 55.6 Å². The number of hydrogen-bond acceptors (Lipinski definition) is 2. The van der Waals surface area contributed by atoms with E-state index in [9.17, 15) is 0 Å². The van der Waals surface area contributed by atoms with Gasteiger partial charge in [0.05, 0.1) is 19.3 Å². The summed E-state index contributed by atoms with van der Waals surface area (Å²) in [6.07, 6.45) is 0. The van der Waals surface area contributed by atoms with Crippen LogP contribution >= 0.6 is 0 Å². The third-order valence-electron chi connectivity index (χ3n) is 3.75. The predicted octanol–water partition coefficient (Wildman–Crippen LogP) is 4.29. The first-order valence-corrected chi connectivity index (χ1v) is 7.59. The number of rotatable bonds is 7. The van der Waals surface area contributed by atoms with Crippen LogP contribution in [0.5, 0.6) is 0 Å². The molecule has 1 atom stereocenters. The Morgan fingerprint density at radius 2 is 1.52 bits per heavy atom. The Kier molecular flexibility index (Phi) is 5.97. The highest BCUT2D eigenvalue weighted by molar-refractivity contribution is 5.27. The van der Waals surface area contributed by atoms with Crippen LogP contribution in [-0.4, -0.2) is 13.7 Å². The van der Waals surface area contributed by atoms with Gasteiger partial charge in [-0.1, -0.05) is 68.4 Å². The fraction of sp³-hybridized carbons (Fsp3) is 0.368. The van der Waals surface area contributed by atoms with Gasteiger partial charge in [-0.3, -0.25) is 0 Å². The molecule has 0 bridgehead atoms. The summed E-state index contributed by atoms with van der Waals surface area (Å²) >= 11 is 0. The third-order valence-corrected chi connectivity index (χ3v) is 3.75. The molecule has 0 fully saturated rings. The van der Waals surface area contributed by atoms with E-state index in [-0.39, 0.29) is 6.04 Å². The maximum Gasteiger partial charge on any atom is 0.0717 e. The smallest absolute Gasteiger partial charge is 0.0717 e. The second-order valence-electron chi connectivity index (χ2n) is 5.66. The number of ether oxygens (including phenoxy) is 1. The van der Waals surface area contributed by atoms with Crippen molar-refractivity contribution in [3.63, 3.8) is 0 Å². The molecule has 2 nitrogen and oxygen atoms in total. The normalized spacial score (nSPS) is 12.6. The molecule has 112 valence electrons. The Morgan fingerprint density at radius 3 is 2.10 bits per heavy atom. The van der Waals surface area contributed by atoms with Crippen molar-refractivity contribution in [2.75, 3.05) is 13.7 Å². The van der Waals surface area contributed by atoms with Gasteiger partial charge in [-0.15, -0.1) is 0 Å². The summed E-state index contributed by atoms with van der Waals surface area (Å²) in [6, 6.07) is 19.3. The number of benzene rings is 2. The average molecular weight is 283 g/mol. The van der Waals surface area contributed by atoms with Crippen molar-refractivity contribution in [3.05, 3.63) is 71.3 Å². The van der Waals surface area contributed by atoms with Crippen molar-refractivity contribution in [2.45, 2.75) is 32.4 Å². The van der Waals surface area contributed by atoms with E-state index in [4.69, 9.17) is 4.74 Å². The van der Waals surface area contributed by atoms with E-state index in [1.54, 1.807) is 0 Å². The van der Waals surface area contributed by atoms with Crippen molar-refractivity contribution < 1.29 is 4.74 Å². The predicted molar refractivity (Wildman–Crippen MR) is 88.4 cm³/mol. The highest BCUT2D eigenvalue weighted by atomic mass is 16.5. The molecule has 0 spiro atoms. The Bertz CT molecular complexity index is 519. The van der Waals surface area contributed by atoms with Gasteiger partial charge in [0.1, 0.15) is 0 Å². The van der Waals surface area contributed by atoms with Crippen molar-refractivity contribution >= 4 is 0 Å². The summed E-state index contributed by atoms with van der Waals surface area (Å²) in [5, 5.41) is 3.33. The molecule has 0 aliphatic heterocycles. The summed E-state index contributed by atoms with van der Waals surface area (Å²) in [7, 11) is 1.98. The first-order chi connectivity index (χ1) is 10.2. The van der Waals surface area contributed by atoms with Gasteiger partial charge in [-0.25, -0.2) is 0 Å². The second-order valence-corrected chi connectivity index (χ2v) is 5.66. The molecule has 0 aromatic heterocycles. The van der Waals surface area contributed by atoms with Gasteiger partial charge in [0.25, 0.3) is 0 Å². The molecular formula is C19H25NO. The Labute approximate surface area is 128 Å². The van der Waals surface area contributed by atoms with Gasteiger partial charge >= 0.3 is 0 Å². The van der Waals surface area contributed by atoms with E-state index in [1.165, 1.54) is 16.7 Å². The summed E-state index contributed by atoms with van der Waals surface area (Å²) in [5.41, 5.74) is 3.86. The molecule has 2 aromatic carbocycles. The zero-order valence-corrected chi connectivity index (χ0v) is 13.2. The van der Waals surface area contributed by atoms with Gasteiger partial charge in [0, 0.05) is 0 Å². The number of nitrogens with one attached hydrogen (secondary N) is 1. The quantitative estimate of drug-likeness (QED) is 0.818. The SMILES string of the molecule is CNC(COCc1ccccc1)c1ccc(C(C)C)cc1. The molecule has 0 saturated heterocycles. The molecular weight excluding hydrogens is 258 g/mol. The summed E-state index contributed by atoms with van der Waals surface area (Å²) < 4.78 is 5.84. The van der Waals surface area contributed by atoms with Gasteiger partial charge in [-0.05, 0) is 29.7 Å². The molecule has 2 rings (SSSR count). The fourth-order valence-corrected chi connectivity index (χ4v) is 2.33. The van der Waals surface area contributed by atoms with Crippen LogP contribution in [0.3, 0.4) is 0 Å². The first kappa shape index (κ1) is 15.7. The molecule has 0 radical (unpaired) electrons. The maximum atomic E-state index is 5.84. The van der Waals surface area contributed by atoms with Crippen LogP contribution < -0.4 is 5.32 Å². The zero-order chi connectivity index (χ0) is 15.1. The monoisotopic (exact) mass is 283 g/mol. The minimum absolute atomic E-state index is 0.231. The second kappa shape index (κ2) is 7.96. The minimum Gasteiger partial charge on any atom is -0.375 e. The Balaban J connectivity index is 1.90. The lowest BCUT2D eigenvalue weighted by molar-refractivity contribution is 0.101. The molecule has 0 aliphatic carbocycles. The Hall–Kier alpha value is -1.64. The molecule has 1 N–H and O–H groups in total. The minimum atomic E-state index is 0.231. The maximum absolute atomic E-state index is 5.84. The number of hydrogen-bond donors (Lipinski definition) is 1. The highest BCUT2D eigenvalue weighted by Crippen LogP contribution is 2.19. The largest absolute Gasteiger partial charge is 0.375 e. The van der Waals surface area contributed by atoms with E-state index < -0.39 is 0 Å². The molecule has 0 amide bonds. The molecule has 2 heteroatoms. The third kappa shape index (κ3) is 4.69. The molecule has 0 heterocycles. The van der Waals surface area contributed by atoms with Crippen LogP contribution in [0.15, 0.2) is 54.6 Å². The van der Waals surface area contributed by atoms with Gasteiger partial charge in [-0.2, -0.15) is 0 Å². The van der Waals surface area contributed by atoms with Crippen molar-refractivity contribution in [1.82, 2.24) is 5.32 Å². The average Bonchev–Trinajstić information content (AvgIpc) is 2.53. The van der Waals surface area contributed by atoms with Crippen LogP contribution in [0, 0.1) is 0 Å². The Morgan fingerprint density at radius 1 is 0.905 bits per heavy atom. The number of likely N-dealkylation sites (N-methyl/N-ethyl adjacent to an activating group) is 1. The molecule has 0 saturated carbocycles. The fourth-order valence-electron chi connectivity index (χ4n) is 2.33. The standard InChI is InChI=1S/C19H25NO/c1-15(2)17-9-11-18(12-10-17)19(20-3)14-21-13-16-7-5-4-6-8-16/h4-12,15,19-20H,13-14H2,1-3H3. The van der Waals surface area contributed by atoms with E-state index in [0.717, 1.165) is 0 Å². The van der Waals surface area contributed by atoms with Crippen LogP contribution in [0.25, 0.3) is 0 Å². The van der Waals surface area contributed by atoms with Gasteiger partial charge < -0.3 is 10.1 Å². The summed E-state index contributed by atoms with van der Waals surface area (Å²) in [4.78, 5) is 0.